The predicted octanol–water partition coefficient (Wildman–Crippen LogP) is 2.87. The van der Waals surface area contributed by atoms with Crippen molar-refractivity contribution in [1.82, 2.24) is 18.8 Å². The van der Waals surface area contributed by atoms with Crippen LogP contribution < -0.4 is 4.74 Å². The van der Waals surface area contributed by atoms with Gasteiger partial charge in [0.15, 0.2) is 5.03 Å². The van der Waals surface area contributed by atoms with Crippen molar-refractivity contribution in [2.24, 2.45) is 7.05 Å². The Bertz CT molecular complexity index is 1300. The summed E-state index contributed by atoms with van der Waals surface area (Å²) < 4.78 is 41.1. The molecule has 4 rings (SSSR count). The van der Waals surface area contributed by atoms with E-state index in [0.717, 1.165) is 16.9 Å². The molecule has 3 aromatic rings. The van der Waals surface area contributed by atoms with Gasteiger partial charge in [-0.05, 0) is 42.3 Å². The van der Waals surface area contributed by atoms with Crippen molar-refractivity contribution in [2.45, 2.75) is 24.7 Å². The molecule has 0 radical (unpaired) electrons. The maximum Gasteiger partial charge on any atom is 0.262 e. The third-order valence-corrected chi connectivity index (χ3v) is 8.22. The van der Waals surface area contributed by atoms with Crippen molar-refractivity contribution in [3.8, 4) is 11.8 Å². The topological polar surface area (TPSA) is 101 Å². The van der Waals surface area contributed by atoms with Gasteiger partial charge >= 0.3 is 0 Å². The Morgan fingerprint density at radius 2 is 1.83 bits per heavy atom. The molecule has 1 atom stereocenters. The number of aryl methyl sites for hydroxylation is 2. The van der Waals surface area contributed by atoms with Crippen LogP contribution in [-0.2, 0) is 28.4 Å². The minimum absolute atomic E-state index is 0.0935. The van der Waals surface area contributed by atoms with Crippen LogP contribution in [0.4, 0.5) is 0 Å². The number of aromatic nitrogens is 2. The first-order valence-corrected chi connectivity index (χ1v) is 13.2. The van der Waals surface area contributed by atoms with Gasteiger partial charge in [0.2, 0.25) is 0 Å². The summed E-state index contributed by atoms with van der Waals surface area (Å²) in [6, 6.07) is 17.3. The minimum atomic E-state index is -3.62. The van der Waals surface area contributed by atoms with Gasteiger partial charge in [0, 0.05) is 46.0 Å². The van der Waals surface area contributed by atoms with Crippen LogP contribution in [0.1, 0.15) is 28.6 Å². The number of rotatable bonds is 9. The number of hydrogen-bond acceptors (Lipinski definition) is 7. The highest BCUT2D eigenvalue weighted by Gasteiger charge is 2.31. The maximum absolute atomic E-state index is 13.1. The molecule has 1 aliphatic heterocycles. The van der Waals surface area contributed by atoms with Crippen molar-refractivity contribution in [1.29, 1.82) is 5.26 Å². The van der Waals surface area contributed by atoms with Crippen LogP contribution in [0.2, 0.25) is 0 Å². The summed E-state index contributed by atoms with van der Waals surface area (Å²) >= 11 is 0. The third kappa shape index (κ3) is 5.94. The van der Waals surface area contributed by atoms with Gasteiger partial charge < -0.3 is 14.0 Å². The quantitative estimate of drug-likeness (QED) is 0.437. The second kappa shape index (κ2) is 11.2. The SMILES string of the molecule is COc1cccc([C@@H](CN2CCN(S(=O)(=O)c3cn(C)c(C)n3)CC2)OCc2ccc(C#N)cc2)c1. The molecule has 1 fully saturated rings. The first kappa shape index (κ1) is 25.9. The lowest BCUT2D eigenvalue weighted by atomic mass is 10.1. The summed E-state index contributed by atoms with van der Waals surface area (Å²) in [5, 5.41) is 9.12. The van der Waals surface area contributed by atoms with Crippen LogP contribution in [0.25, 0.3) is 0 Å². The van der Waals surface area contributed by atoms with Crippen LogP contribution >= 0.6 is 0 Å². The Hall–Kier alpha value is -3.23. The number of sulfonamides is 1. The Balaban J connectivity index is 1.44. The third-order valence-electron chi connectivity index (χ3n) is 6.45. The molecular weight excluding hydrogens is 478 g/mol. The van der Waals surface area contributed by atoms with Crippen LogP contribution in [0.15, 0.2) is 59.8 Å². The summed E-state index contributed by atoms with van der Waals surface area (Å²) in [7, 11) is -0.204. The number of imidazole rings is 1. The number of hydrogen-bond donors (Lipinski definition) is 0. The molecule has 9 nitrogen and oxygen atoms in total. The van der Waals surface area contributed by atoms with E-state index in [4.69, 9.17) is 14.7 Å². The molecule has 10 heteroatoms. The number of ether oxygens (including phenoxy) is 2. The van der Waals surface area contributed by atoms with E-state index in [1.54, 1.807) is 44.0 Å². The lowest BCUT2D eigenvalue weighted by molar-refractivity contribution is 0.00762. The molecule has 2 heterocycles. The Labute approximate surface area is 212 Å². The van der Waals surface area contributed by atoms with E-state index in [1.165, 1.54) is 4.31 Å². The highest BCUT2D eigenvalue weighted by atomic mass is 32.2. The molecule has 0 unspecified atom stereocenters. The van der Waals surface area contributed by atoms with Crippen LogP contribution in [0.3, 0.4) is 0 Å². The molecule has 190 valence electrons. The molecule has 0 bridgehead atoms. The van der Waals surface area contributed by atoms with Crippen molar-refractivity contribution in [2.75, 3.05) is 39.8 Å². The van der Waals surface area contributed by atoms with E-state index in [1.807, 2.05) is 36.4 Å². The van der Waals surface area contributed by atoms with E-state index in [-0.39, 0.29) is 11.1 Å². The minimum Gasteiger partial charge on any atom is -0.497 e. The molecular formula is C26H31N5O4S. The largest absolute Gasteiger partial charge is 0.497 e. The molecule has 0 saturated carbocycles. The molecule has 2 aromatic carbocycles. The first-order valence-electron chi connectivity index (χ1n) is 11.8. The number of benzene rings is 2. The number of nitrogens with zero attached hydrogens (tertiary/aromatic N) is 5. The number of piperazine rings is 1. The Morgan fingerprint density at radius 1 is 1.11 bits per heavy atom. The number of methoxy groups -OCH3 is 1. The normalized spacial score (nSPS) is 15.9. The highest BCUT2D eigenvalue weighted by Crippen LogP contribution is 2.26. The van der Waals surface area contributed by atoms with Crippen LogP contribution in [0, 0.1) is 18.3 Å². The fraction of sp³-hybridized carbons (Fsp3) is 0.385. The molecule has 0 aliphatic carbocycles. The zero-order valence-corrected chi connectivity index (χ0v) is 21.6. The van der Waals surface area contributed by atoms with E-state index < -0.39 is 10.0 Å². The van der Waals surface area contributed by atoms with Gasteiger partial charge in [0.05, 0.1) is 31.5 Å². The van der Waals surface area contributed by atoms with Gasteiger partial charge in [-0.3, -0.25) is 4.90 Å². The van der Waals surface area contributed by atoms with Gasteiger partial charge in [-0.25, -0.2) is 13.4 Å². The lowest BCUT2D eigenvalue weighted by Crippen LogP contribution is -2.49. The first-order chi connectivity index (χ1) is 17.3. The zero-order chi connectivity index (χ0) is 25.7. The standard InChI is InChI=1S/C26H31N5O4S/c1-20-28-26(18-29(20)2)36(32,33)31-13-11-30(12-14-31)17-25(23-5-4-6-24(15-23)34-3)35-19-22-9-7-21(16-27)8-10-22/h4-10,15,18,25H,11-14,17,19H2,1-3H3/t25-/m1/s1. The van der Waals surface area contributed by atoms with Gasteiger partial charge in [0.25, 0.3) is 10.0 Å². The van der Waals surface area contributed by atoms with Crippen LogP contribution in [-0.4, -0.2) is 67.0 Å². The van der Waals surface area contributed by atoms with Crippen molar-refractivity contribution < 1.29 is 17.9 Å². The second-order valence-electron chi connectivity index (χ2n) is 8.83. The van der Waals surface area contributed by atoms with Crippen molar-refractivity contribution in [3.63, 3.8) is 0 Å². The number of nitriles is 1. The van der Waals surface area contributed by atoms with E-state index in [2.05, 4.69) is 16.0 Å². The molecule has 1 aromatic heterocycles. The average Bonchev–Trinajstić information content (AvgIpc) is 3.25. The van der Waals surface area contributed by atoms with Gasteiger partial charge in [0.1, 0.15) is 11.6 Å². The Morgan fingerprint density at radius 3 is 2.44 bits per heavy atom. The van der Waals surface area contributed by atoms with E-state index in [9.17, 15) is 8.42 Å². The molecule has 1 aliphatic rings. The summed E-state index contributed by atoms with van der Waals surface area (Å²) in [5.41, 5.74) is 2.57. The lowest BCUT2D eigenvalue weighted by Gasteiger charge is -2.35. The molecule has 0 spiro atoms. The fourth-order valence-electron chi connectivity index (χ4n) is 4.14. The monoisotopic (exact) mass is 509 g/mol. The maximum atomic E-state index is 13.1. The van der Waals surface area contributed by atoms with E-state index in [0.29, 0.717) is 50.7 Å². The molecule has 1 saturated heterocycles. The summed E-state index contributed by atoms with van der Waals surface area (Å²) in [6.45, 7) is 4.74. The fourth-order valence-corrected chi connectivity index (χ4v) is 5.59. The smallest absolute Gasteiger partial charge is 0.262 e. The molecule has 36 heavy (non-hydrogen) atoms. The zero-order valence-electron chi connectivity index (χ0n) is 20.8. The van der Waals surface area contributed by atoms with Crippen molar-refractivity contribution >= 4 is 10.0 Å². The van der Waals surface area contributed by atoms with Gasteiger partial charge in [-0.1, -0.05) is 24.3 Å². The summed E-state index contributed by atoms with van der Waals surface area (Å²) in [6.07, 6.45) is 1.32. The predicted molar refractivity (Wildman–Crippen MR) is 135 cm³/mol. The van der Waals surface area contributed by atoms with E-state index >= 15 is 0 Å². The molecule has 0 N–H and O–H groups in total. The van der Waals surface area contributed by atoms with Gasteiger partial charge in [-0.15, -0.1) is 0 Å². The average molecular weight is 510 g/mol. The summed E-state index contributed by atoms with van der Waals surface area (Å²) in [5.74, 6) is 1.41. The highest BCUT2D eigenvalue weighted by molar-refractivity contribution is 7.89. The molecule has 0 amide bonds. The Kier molecular flexibility index (Phi) is 8.06. The second-order valence-corrected chi connectivity index (χ2v) is 10.7. The van der Waals surface area contributed by atoms with Crippen molar-refractivity contribution in [3.05, 3.63) is 77.2 Å². The van der Waals surface area contributed by atoms with Gasteiger partial charge in [-0.2, -0.15) is 9.57 Å². The van der Waals surface area contributed by atoms with Crippen LogP contribution in [0.5, 0.6) is 5.75 Å². The summed E-state index contributed by atoms with van der Waals surface area (Å²) in [4.78, 5) is 6.44.